The molecule has 3 aromatic rings. The first-order valence-corrected chi connectivity index (χ1v) is 11.4. The van der Waals surface area contributed by atoms with Gasteiger partial charge < -0.3 is 4.90 Å². The van der Waals surface area contributed by atoms with Crippen LogP contribution in [0.3, 0.4) is 0 Å². The molecule has 2 aromatic carbocycles. The number of anilines is 1. The molecule has 0 spiro atoms. The van der Waals surface area contributed by atoms with Gasteiger partial charge in [0.25, 0.3) is 0 Å². The van der Waals surface area contributed by atoms with Gasteiger partial charge in [0.15, 0.2) is 0 Å². The Morgan fingerprint density at radius 1 is 0.966 bits per heavy atom. The van der Waals surface area contributed by atoms with E-state index < -0.39 is 10.0 Å². The fraction of sp³-hybridized carbons (Fsp3) is 0.263. The lowest BCUT2D eigenvalue weighted by molar-refractivity contribution is 0.384. The highest BCUT2D eigenvalue weighted by molar-refractivity contribution is 7.89. The number of hydrogen-bond donors (Lipinski definition) is 0. The van der Waals surface area contributed by atoms with Crippen molar-refractivity contribution in [2.45, 2.75) is 11.8 Å². The Kier molecular flexibility index (Phi) is 4.41. The molecule has 29 heavy (non-hydrogen) atoms. The van der Waals surface area contributed by atoms with Crippen molar-refractivity contribution in [3.8, 4) is 0 Å². The Morgan fingerprint density at radius 2 is 1.76 bits per heavy atom. The number of aromatic nitrogens is 2. The number of fused-ring (bicyclic) bond motifs is 2. The third kappa shape index (κ3) is 3.04. The quantitative estimate of drug-likeness (QED) is 0.502. The van der Waals surface area contributed by atoms with E-state index in [1.807, 2.05) is 25.1 Å². The zero-order valence-corrected chi connectivity index (χ0v) is 17.3. The smallest absolute Gasteiger partial charge is 0.245 e. The molecule has 1 saturated heterocycles. The topological polar surface area (TPSA) is 91.1 Å². The van der Waals surface area contributed by atoms with Gasteiger partial charge in [0.2, 0.25) is 10.0 Å². The molecule has 8 nitrogen and oxygen atoms in total. The van der Waals surface area contributed by atoms with Gasteiger partial charge in [0.1, 0.15) is 28.4 Å². The van der Waals surface area contributed by atoms with Crippen molar-refractivity contribution < 1.29 is 8.42 Å². The van der Waals surface area contributed by atoms with Gasteiger partial charge in [-0.15, -0.1) is 0 Å². The molecule has 2 aliphatic rings. The molecule has 0 amide bonds. The lowest BCUT2D eigenvalue weighted by atomic mass is 10.1. The maximum absolute atomic E-state index is 13.2. The summed E-state index contributed by atoms with van der Waals surface area (Å²) in [6.45, 7) is 3.93. The highest BCUT2D eigenvalue weighted by atomic mass is 32.2. The molecule has 1 fully saturated rings. The largest absolute Gasteiger partial charge is 0.353 e. The lowest BCUT2D eigenvalue weighted by Gasteiger charge is -2.35. The van der Waals surface area contributed by atoms with Gasteiger partial charge in [-0.25, -0.2) is 18.4 Å². The SMILES string of the molecule is Cc1cccc2ncnc(N3CCN(S(=O)(=O)c4cccc5c4N=S=N5)CC3)c12. The fourth-order valence-corrected chi connectivity index (χ4v) is 5.94. The number of benzene rings is 2. The van der Waals surface area contributed by atoms with Gasteiger partial charge in [-0.05, 0) is 30.7 Å². The van der Waals surface area contributed by atoms with Gasteiger partial charge in [0, 0.05) is 31.6 Å². The molecule has 148 valence electrons. The van der Waals surface area contributed by atoms with E-state index in [9.17, 15) is 8.42 Å². The molecular weight excluding hydrogens is 408 g/mol. The molecule has 2 aliphatic heterocycles. The first kappa shape index (κ1) is 18.3. The van der Waals surface area contributed by atoms with Crippen LogP contribution in [0.2, 0.25) is 0 Å². The summed E-state index contributed by atoms with van der Waals surface area (Å²) in [4.78, 5) is 11.2. The number of aryl methyl sites for hydroxylation is 1. The second-order valence-corrected chi connectivity index (χ2v) is 9.38. The predicted octanol–water partition coefficient (Wildman–Crippen LogP) is 3.18. The summed E-state index contributed by atoms with van der Waals surface area (Å²) in [5, 5.41) is 1.02. The highest BCUT2D eigenvalue weighted by Crippen LogP contribution is 2.39. The van der Waals surface area contributed by atoms with Crippen LogP contribution in [-0.4, -0.2) is 48.9 Å². The summed E-state index contributed by atoms with van der Waals surface area (Å²) in [5.74, 6) is 0.857. The molecule has 10 heteroatoms. The van der Waals surface area contributed by atoms with Gasteiger partial charge in [-0.3, -0.25) is 0 Å². The van der Waals surface area contributed by atoms with Crippen LogP contribution in [0.15, 0.2) is 56.3 Å². The summed E-state index contributed by atoms with van der Waals surface area (Å²) >= 11 is 1.02. The standard InChI is InChI=1S/C19H18N6O2S2/c1-13-4-2-5-14-17(13)19(21-12-20-14)24-8-10-25(11-9-24)29(26,27)16-7-3-6-15-18(16)23-28-22-15/h2-7,12H,8-11H2,1H3. The van der Waals surface area contributed by atoms with Crippen LogP contribution >= 0.6 is 0 Å². The molecule has 3 heterocycles. The van der Waals surface area contributed by atoms with E-state index in [2.05, 4.69) is 23.6 Å². The van der Waals surface area contributed by atoms with Gasteiger partial charge in [0.05, 0.1) is 16.9 Å². The Hall–Kier alpha value is -2.69. The van der Waals surface area contributed by atoms with Crippen molar-refractivity contribution in [3.05, 3.63) is 48.3 Å². The van der Waals surface area contributed by atoms with Crippen LogP contribution in [0.25, 0.3) is 10.9 Å². The summed E-state index contributed by atoms with van der Waals surface area (Å²) in [7, 11) is -3.64. The Labute approximate surface area is 172 Å². The third-order valence-corrected chi connectivity index (χ3v) is 7.73. The number of rotatable bonds is 3. The molecule has 0 aliphatic carbocycles. The van der Waals surface area contributed by atoms with Crippen LogP contribution in [0.1, 0.15) is 5.56 Å². The fourth-order valence-electron chi connectivity index (χ4n) is 3.77. The molecular formula is C19H18N6O2S2. The average molecular weight is 427 g/mol. The van der Waals surface area contributed by atoms with Crippen LogP contribution < -0.4 is 4.90 Å². The Bertz CT molecular complexity index is 1290. The second kappa shape index (κ2) is 6.97. The van der Waals surface area contributed by atoms with Crippen molar-refractivity contribution in [1.29, 1.82) is 0 Å². The van der Waals surface area contributed by atoms with Crippen molar-refractivity contribution in [2.24, 2.45) is 8.73 Å². The van der Waals surface area contributed by atoms with E-state index >= 15 is 0 Å². The molecule has 0 unspecified atom stereocenters. The lowest BCUT2D eigenvalue weighted by Crippen LogP contribution is -2.49. The minimum atomic E-state index is -3.64. The van der Waals surface area contributed by atoms with Gasteiger partial charge in [-0.2, -0.15) is 13.0 Å². The number of hydrogen-bond acceptors (Lipinski definition) is 7. The highest BCUT2D eigenvalue weighted by Gasteiger charge is 2.32. The van der Waals surface area contributed by atoms with Crippen LogP contribution in [-0.2, 0) is 21.4 Å². The van der Waals surface area contributed by atoms with Crippen LogP contribution in [0, 0.1) is 6.92 Å². The molecule has 0 radical (unpaired) electrons. The number of piperazine rings is 1. The maximum Gasteiger partial charge on any atom is 0.245 e. The van der Waals surface area contributed by atoms with E-state index in [0.717, 1.165) is 33.6 Å². The molecule has 0 saturated carbocycles. The molecule has 5 rings (SSSR count). The molecule has 0 N–H and O–H groups in total. The average Bonchev–Trinajstić information content (AvgIpc) is 3.22. The molecule has 0 atom stereocenters. The van der Waals surface area contributed by atoms with Crippen molar-refractivity contribution >= 4 is 49.5 Å². The van der Waals surface area contributed by atoms with E-state index in [-0.39, 0.29) is 4.90 Å². The predicted molar refractivity (Wildman–Crippen MR) is 113 cm³/mol. The van der Waals surface area contributed by atoms with E-state index in [1.54, 1.807) is 24.5 Å². The van der Waals surface area contributed by atoms with E-state index in [1.165, 1.54) is 4.31 Å². The summed E-state index contributed by atoms with van der Waals surface area (Å²) < 4.78 is 36.3. The van der Waals surface area contributed by atoms with Crippen LogP contribution in [0.5, 0.6) is 0 Å². The Morgan fingerprint density at radius 3 is 2.59 bits per heavy atom. The molecule has 1 aromatic heterocycles. The summed E-state index contributed by atoms with van der Waals surface area (Å²) in [5.41, 5.74) is 3.05. The van der Waals surface area contributed by atoms with E-state index in [0.29, 0.717) is 37.6 Å². The first-order valence-electron chi connectivity index (χ1n) is 9.22. The first-order chi connectivity index (χ1) is 14.1. The second-order valence-electron chi connectivity index (χ2n) is 6.95. The zero-order chi connectivity index (χ0) is 20.0. The van der Waals surface area contributed by atoms with Crippen molar-refractivity contribution in [2.75, 3.05) is 31.1 Å². The minimum absolute atomic E-state index is 0.223. The number of nitrogens with zero attached hydrogens (tertiary/aromatic N) is 6. The van der Waals surface area contributed by atoms with Gasteiger partial charge in [-0.1, -0.05) is 18.2 Å². The van der Waals surface area contributed by atoms with Crippen molar-refractivity contribution in [3.63, 3.8) is 0 Å². The summed E-state index contributed by atoms with van der Waals surface area (Å²) in [6.07, 6.45) is 1.57. The van der Waals surface area contributed by atoms with Crippen LogP contribution in [0.4, 0.5) is 17.2 Å². The monoisotopic (exact) mass is 426 g/mol. The third-order valence-electron chi connectivity index (χ3n) is 5.26. The number of sulfonamides is 1. The summed E-state index contributed by atoms with van der Waals surface area (Å²) in [6, 6.07) is 11.1. The van der Waals surface area contributed by atoms with E-state index in [4.69, 9.17) is 0 Å². The maximum atomic E-state index is 13.2. The van der Waals surface area contributed by atoms with Gasteiger partial charge >= 0.3 is 0 Å². The normalized spacial score (nSPS) is 16.8. The minimum Gasteiger partial charge on any atom is -0.353 e. The molecule has 0 bridgehead atoms. The zero-order valence-electron chi connectivity index (χ0n) is 15.7. The van der Waals surface area contributed by atoms with Crippen molar-refractivity contribution in [1.82, 2.24) is 14.3 Å². The Balaban J connectivity index is 1.42.